The molecule has 1 N–H and O–H groups in total. The molecule has 1 aromatic carbocycles. The number of aromatic nitrogens is 5. The van der Waals surface area contributed by atoms with Crippen molar-refractivity contribution in [2.45, 2.75) is 32.6 Å². The van der Waals surface area contributed by atoms with Gasteiger partial charge in [0.1, 0.15) is 11.3 Å². The van der Waals surface area contributed by atoms with E-state index < -0.39 is 0 Å². The molecule has 8 nitrogen and oxygen atoms in total. The standard InChI is InChI=1S/C18H15N5O3/c1-9-8-13-15(10-4-2-3-5-11(10)17(25)26-13)16(24)14(9)12-6-7-23-18(19-12)20-21-22-23/h6-8,24H,2-5H2,1H3. The van der Waals surface area contributed by atoms with Gasteiger partial charge in [-0.05, 0) is 66.3 Å². The van der Waals surface area contributed by atoms with E-state index in [1.54, 1.807) is 18.3 Å². The maximum absolute atomic E-state index is 12.3. The molecule has 0 fully saturated rings. The summed E-state index contributed by atoms with van der Waals surface area (Å²) in [6.45, 7) is 1.85. The second-order valence-electron chi connectivity index (χ2n) is 6.58. The van der Waals surface area contributed by atoms with Gasteiger partial charge in [0.15, 0.2) is 0 Å². The molecular formula is C18H15N5O3. The summed E-state index contributed by atoms with van der Waals surface area (Å²) in [6, 6.07) is 3.54. The van der Waals surface area contributed by atoms with Gasteiger partial charge in [-0.3, -0.25) is 0 Å². The Morgan fingerprint density at radius 3 is 2.88 bits per heavy atom. The highest BCUT2D eigenvalue weighted by atomic mass is 16.4. The predicted molar refractivity (Wildman–Crippen MR) is 93.1 cm³/mol. The summed E-state index contributed by atoms with van der Waals surface area (Å²) in [5.74, 6) is 0.439. The highest BCUT2D eigenvalue weighted by Crippen LogP contribution is 2.41. The molecule has 0 unspecified atom stereocenters. The third-order valence-corrected chi connectivity index (χ3v) is 5.01. The molecule has 4 aromatic rings. The quantitative estimate of drug-likeness (QED) is 0.525. The number of hydrogen-bond donors (Lipinski definition) is 1. The van der Waals surface area contributed by atoms with Crippen LogP contribution in [0.3, 0.4) is 0 Å². The lowest BCUT2D eigenvalue weighted by molar-refractivity contribution is 0.477. The number of phenols is 1. The molecule has 5 rings (SSSR count). The minimum absolute atomic E-state index is 0.0891. The van der Waals surface area contributed by atoms with Crippen LogP contribution in [0.1, 0.15) is 29.5 Å². The molecule has 0 spiro atoms. The SMILES string of the molecule is Cc1cc2oc(=O)c3c(c2c(O)c1-c1ccn2nnnc2n1)CCCC3. The summed E-state index contributed by atoms with van der Waals surface area (Å²) in [5, 5.41) is 22.9. The van der Waals surface area contributed by atoms with E-state index in [1.165, 1.54) is 4.52 Å². The molecule has 0 aliphatic heterocycles. The summed E-state index contributed by atoms with van der Waals surface area (Å²) in [6.07, 6.45) is 5.09. The number of aryl methyl sites for hydroxylation is 2. The van der Waals surface area contributed by atoms with E-state index >= 15 is 0 Å². The first kappa shape index (κ1) is 15.0. The first-order valence-electron chi connectivity index (χ1n) is 8.50. The Kier molecular flexibility index (Phi) is 3.09. The fourth-order valence-corrected chi connectivity index (χ4v) is 3.82. The molecule has 3 aromatic heterocycles. The molecule has 0 saturated carbocycles. The van der Waals surface area contributed by atoms with Crippen molar-refractivity contribution >= 4 is 16.7 Å². The molecule has 1 aliphatic carbocycles. The number of benzene rings is 1. The van der Waals surface area contributed by atoms with Crippen LogP contribution in [0.15, 0.2) is 27.5 Å². The van der Waals surface area contributed by atoms with Gasteiger partial charge in [0.2, 0.25) is 0 Å². The zero-order chi connectivity index (χ0) is 17.8. The third-order valence-electron chi connectivity index (χ3n) is 5.01. The number of nitrogens with zero attached hydrogens (tertiary/aromatic N) is 5. The minimum Gasteiger partial charge on any atom is -0.506 e. The van der Waals surface area contributed by atoms with Gasteiger partial charge >= 0.3 is 5.63 Å². The molecule has 1 aliphatic rings. The highest BCUT2D eigenvalue weighted by Gasteiger charge is 2.23. The van der Waals surface area contributed by atoms with Gasteiger partial charge in [0.05, 0.1) is 11.1 Å². The van der Waals surface area contributed by atoms with Crippen molar-refractivity contribution in [3.63, 3.8) is 0 Å². The molecule has 0 atom stereocenters. The van der Waals surface area contributed by atoms with Crippen LogP contribution in [0.25, 0.3) is 28.0 Å². The van der Waals surface area contributed by atoms with Crippen molar-refractivity contribution in [3.05, 3.63) is 45.4 Å². The van der Waals surface area contributed by atoms with Crippen molar-refractivity contribution in [3.8, 4) is 17.0 Å². The van der Waals surface area contributed by atoms with Crippen LogP contribution in [0.2, 0.25) is 0 Å². The first-order chi connectivity index (χ1) is 12.6. The average Bonchev–Trinajstić information content (AvgIpc) is 3.09. The lowest BCUT2D eigenvalue weighted by atomic mass is 9.88. The van der Waals surface area contributed by atoms with Crippen molar-refractivity contribution < 1.29 is 9.52 Å². The Hall–Kier alpha value is -3.29. The molecule has 26 heavy (non-hydrogen) atoms. The molecule has 0 bridgehead atoms. The van der Waals surface area contributed by atoms with Crippen LogP contribution in [-0.4, -0.2) is 30.1 Å². The minimum atomic E-state index is -0.298. The summed E-state index contributed by atoms with van der Waals surface area (Å²) in [5.41, 5.74) is 3.63. The largest absolute Gasteiger partial charge is 0.506 e. The van der Waals surface area contributed by atoms with Gasteiger partial charge in [-0.15, -0.1) is 0 Å². The Labute approximate surface area is 147 Å². The van der Waals surface area contributed by atoms with Crippen LogP contribution in [-0.2, 0) is 12.8 Å². The van der Waals surface area contributed by atoms with E-state index in [2.05, 4.69) is 20.5 Å². The van der Waals surface area contributed by atoms with E-state index in [-0.39, 0.29) is 11.4 Å². The van der Waals surface area contributed by atoms with E-state index in [4.69, 9.17) is 4.42 Å². The molecular weight excluding hydrogens is 334 g/mol. The zero-order valence-corrected chi connectivity index (χ0v) is 14.1. The second-order valence-corrected chi connectivity index (χ2v) is 6.58. The molecule has 0 radical (unpaired) electrons. The maximum atomic E-state index is 12.3. The van der Waals surface area contributed by atoms with E-state index in [1.807, 2.05) is 6.92 Å². The Bertz CT molecular complexity index is 1240. The Morgan fingerprint density at radius 1 is 1.23 bits per heavy atom. The van der Waals surface area contributed by atoms with E-state index in [9.17, 15) is 9.90 Å². The summed E-state index contributed by atoms with van der Waals surface area (Å²) in [7, 11) is 0. The van der Waals surface area contributed by atoms with Gasteiger partial charge in [-0.1, -0.05) is 5.10 Å². The normalized spacial score (nSPS) is 14.0. The van der Waals surface area contributed by atoms with Crippen LogP contribution in [0, 0.1) is 6.92 Å². The molecule has 0 amide bonds. The number of phenolic OH excluding ortho intramolecular Hbond substituents is 1. The fraction of sp³-hybridized carbons (Fsp3) is 0.278. The first-order valence-corrected chi connectivity index (χ1v) is 8.50. The lowest BCUT2D eigenvalue weighted by Crippen LogP contribution is -2.16. The summed E-state index contributed by atoms with van der Waals surface area (Å²) >= 11 is 0. The number of tetrazole rings is 1. The van der Waals surface area contributed by atoms with Crippen LogP contribution < -0.4 is 5.63 Å². The van der Waals surface area contributed by atoms with Gasteiger partial charge in [0, 0.05) is 17.3 Å². The molecule has 130 valence electrons. The average molecular weight is 349 g/mol. The van der Waals surface area contributed by atoms with Crippen molar-refractivity contribution in [2.75, 3.05) is 0 Å². The molecule has 3 heterocycles. The number of hydrogen-bond acceptors (Lipinski definition) is 7. The molecule has 8 heteroatoms. The van der Waals surface area contributed by atoms with Gasteiger partial charge in [0.25, 0.3) is 5.78 Å². The topological polar surface area (TPSA) is 106 Å². The third kappa shape index (κ3) is 2.05. The van der Waals surface area contributed by atoms with Gasteiger partial charge in [-0.2, -0.15) is 4.52 Å². The number of aromatic hydroxyl groups is 1. The lowest BCUT2D eigenvalue weighted by Gasteiger charge is -2.18. The summed E-state index contributed by atoms with van der Waals surface area (Å²) < 4.78 is 6.95. The van der Waals surface area contributed by atoms with Crippen LogP contribution >= 0.6 is 0 Å². The van der Waals surface area contributed by atoms with E-state index in [0.717, 1.165) is 30.4 Å². The Morgan fingerprint density at radius 2 is 2.04 bits per heavy atom. The van der Waals surface area contributed by atoms with Gasteiger partial charge < -0.3 is 9.52 Å². The van der Waals surface area contributed by atoms with Gasteiger partial charge in [-0.25, -0.2) is 9.78 Å². The fourth-order valence-electron chi connectivity index (χ4n) is 3.82. The summed E-state index contributed by atoms with van der Waals surface area (Å²) in [4.78, 5) is 16.7. The second kappa shape index (κ2) is 5.35. The maximum Gasteiger partial charge on any atom is 0.339 e. The zero-order valence-electron chi connectivity index (χ0n) is 14.1. The number of fused-ring (bicyclic) bond motifs is 4. The van der Waals surface area contributed by atoms with Crippen molar-refractivity contribution in [1.82, 2.24) is 25.0 Å². The monoisotopic (exact) mass is 349 g/mol. The number of rotatable bonds is 1. The highest BCUT2D eigenvalue weighted by molar-refractivity contribution is 5.95. The molecule has 0 saturated heterocycles. The van der Waals surface area contributed by atoms with Crippen LogP contribution in [0.5, 0.6) is 5.75 Å². The Balaban J connectivity index is 1.85. The van der Waals surface area contributed by atoms with Crippen molar-refractivity contribution in [2.24, 2.45) is 0 Å². The van der Waals surface area contributed by atoms with Crippen molar-refractivity contribution in [1.29, 1.82) is 0 Å². The predicted octanol–water partition coefficient (Wildman–Crippen LogP) is 2.19. The van der Waals surface area contributed by atoms with Crippen LogP contribution in [0.4, 0.5) is 0 Å². The smallest absolute Gasteiger partial charge is 0.339 e. The van der Waals surface area contributed by atoms with E-state index in [0.29, 0.717) is 40.0 Å².